The molecule has 0 bridgehead atoms. The van der Waals surface area contributed by atoms with Crippen molar-refractivity contribution in [3.63, 3.8) is 0 Å². The van der Waals surface area contributed by atoms with Gasteiger partial charge in [0.1, 0.15) is 0 Å². The quantitative estimate of drug-likeness (QED) is 0.580. The lowest BCUT2D eigenvalue weighted by atomic mass is 10.1. The number of hydrogen-bond donors (Lipinski definition) is 2. The first-order chi connectivity index (χ1) is 4.66. The summed E-state index contributed by atoms with van der Waals surface area (Å²) in [5.74, 6) is 0. The second-order valence-corrected chi connectivity index (χ2v) is 2.70. The zero-order valence-electron chi connectivity index (χ0n) is 6.67. The van der Waals surface area contributed by atoms with E-state index in [1.807, 2.05) is 13.8 Å². The van der Waals surface area contributed by atoms with Gasteiger partial charge in [-0.1, -0.05) is 11.6 Å². The molecular formula is C8H16O2. The number of aliphatic hydroxyl groups excluding tert-OH is 2. The molecule has 60 valence electrons. The number of hydrogen-bond acceptors (Lipinski definition) is 2. The SMILES string of the molecule is CC(C)=CCC[C@@H](O)CO. The van der Waals surface area contributed by atoms with Gasteiger partial charge >= 0.3 is 0 Å². The van der Waals surface area contributed by atoms with E-state index in [1.165, 1.54) is 5.57 Å². The summed E-state index contributed by atoms with van der Waals surface area (Å²) in [6, 6.07) is 0. The zero-order valence-corrected chi connectivity index (χ0v) is 6.67. The van der Waals surface area contributed by atoms with Crippen LogP contribution in [-0.2, 0) is 0 Å². The highest BCUT2D eigenvalue weighted by Crippen LogP contribution is 2.00. The van der Waals surface area contributed by atoms with Gasteiger partial charge in [-0.05, 0) is 26.7 Å². The molecule has 2 nitrogen and oxygen atoms in total. The number of rotatable bonds is 4. The van der Waals surface area contributed by atoms with Gasteiger partial charge < -0.3 is 10.2 Å². The zero-order chi connectivity index (χ0) is 7.98. The van der Waals surface area contributed by atoms with Gasteiger partial charge in [-0.15, -0.1) is 0 Å². The summed E-state index contributed by atoms with van der Waals surface area (Å²) in [6.07, 6.45) is 3.01. The predicted octanol–water partition coefficient (Wildman–Crippen LogP) is 1.09. The molecule has 0 unspecified atom stereocenters. The number of allylic oxidation sites excluding steroid dienone is 2. The summed E-state index contributed by atoms with van der Waals surface area (Å²) in [6.45, 7) is 3.91. The predicted molar refractivity (Wildman–Crippen MR) is 41.8 cm³/mol. The van der Waals surface area contributed by atoms with Crippen molar-refractivity contribution in [1.29, 1.82) is 0 Å². The minimum absolute atomic E-state index is 0.128. The minimum atomic E-state index is -0.546. The highest BCUT2D eigenvalue weighted by atomic mass is 16.3. The summed E-state index contributed by atoms with van der Waals surface area (Å²) in [4.78, 5) is 0. The van der Waals surface area contributed by atoms with Crippen LogP contribution in [0.15, 0.2) is 11.6 Å². The van der Waals surface area contributed by atoms with Gasteiger partial charge in [-0.25, -0.2) is 0 Å². The lowest BCUT2D eigenvalue weighted by Crippen LogP contribution is -2.10. The van der Waals surface area contributed by atoms with E-state index in [9.17, 15) is 0 Å². The third kappa shape index (κ3) is 5.79. The first-order valence-electron chi connectivity index (χ1n) is 3.59. The van der Waals surface area contributed by atoms with Gasteiger partial charge in [0.15, 0.2) is 0 Å². The van der Waals surface area contributed by atoms with E-state index < -0.39 is 6.10 Å². The van der Waals surface area contributed by atoms with E-state index >= 15 is 0 Å². The van der Waals surface area contributed by atoms with Crippen molar-refractivity contribution in [2.45, 2.75) is 32.8 Å². The standard InChI is InChI=1S/C8H16O2/c1-7(2)4-3-5-8(10)6-9/h4,8-10H,3,5-6H2,1-2H3/t8-/m1/s1. The minimum Gasteiger partial charge on any atom is -0.394 e. The van der Waals surface area contributed by atoms with Gasteiger partial charge in [0, 0.05) is 0 Å². The molecule has 0 spiro atoms. The van der Waals surface area contributed by atoms with Crippen LogP contribution in [-0.4, -0.2) is 22.9 Å². The van der Waals surface area contributed by atoms with E-state index in [0.29, 0.717) is 6.42 Å². The molecule has 0 saturated carbocycles. The Morgan fingerprint density at radius 2 is 2.10 bits per heavy atom. The van der Waals surface area contributed by atoms with Crippen LogP contribution in [0.25, 0.3) is 0 Å². The van der Waals surface area contributed by atoms with E-state index in [1.54, 1.807) is 0 Å². The smallest absolute Gasteiger partial charge is 0.0773 e. The molecule has 0 aliphatic rings. The van der Waals surface area contributed by atoms with Crippen molar-refractivity contribution in [3.8, 4) is 0 Å². The molecule has 0 amide bonds. The maximum Gasteiger partial charge on any atom is 0.0773 e. The lowest BCUT2D eigenvalue weighted by Gasteiger charge is -2.02. The molecule has 0 radical (unpaired) electrons. The second kappa shape index (κ2) is 5.45. The summed E-state index contributed by atoms with van der Waals surface area (Å²) in [5, 5.41) is 17.3. The normalized spacial score (nSPS) is 12.8. The topological polar surface area (TPSA) is 40.5 Å². The first-order valence-corrected chi connectivity index (χ1v) is 3.59. The Kier molecular flexibility index (Phi) is 5.26. The van der Waals surface area contributed by atoms with Gasteiger partial charge in [0.05, 0.1) is 12.7 Å². The largest absolute Gasteiger partial charge is 0.394 e. The summed E-state index contributed by atoms with van der Waals surface area (Å²) in [7, 11) is 0. The van der Waals surface area contributed by atoms with Gasteiger partial charge in [0.25, 0.3) is 0 Å². The van der Waals surface area contributed by atoms with Crippen molar-refractivity contribution >= 4 is 0 Å². The Labute approximate surface area is 62.2 Å². The molecule has 0 rings (SSSR count). The summed E-state index contributed by atoms with van der Waals surface area (Å²) >= 11 is 0. The first kappa shape index (κ1) is 9.66. The van der Waals surface area contributed by atoms with Crippen molar-refractivity contribution in [3.05, 3.63) is 11.6 Å². The molecule has 1 atom stereocenters. The van der Waals surface area contributed by atoms with Crippen LogP contribution in [0.2, 0.25) is 0 Å². The molecule has 0 aliphatic carbocycles. The van der Waals surface area contributed by atoms with Crippen LogP contribution in [0.4, 0.5) is 0 Å². The monoisotopic (exact) mass is 144 g/mol. The van der Waals surface area contributed by atoms with E-state index in [-0.39, 0.29) is 6.61 Å². The molecule has 0 fully saturated rings. The van der Waals surface area contributed by atoms with Gasteiger partial charge in [0.2, 0.25) is 0 Å². The third-order valence-electron chi connectivity index (χ3n) is 1.26. The van der Waals surface area contributed by atoms with Crippen molar-refractivity contribution < 1.29 is 10.2 Å². The third-order valence-corrected chi connectivity index (χ3v) is 1.26. The average Bonchev–Trinajstić information content (AvgIpc) is 1.87. The molecule has 0 heterocycles. The lowest BCUT2D eigenvalue weighted by molar-refractivity contribution is 0.0891. The summed E-state index contributed by atoms with van der Waals surface area (Å²) < 4.78 is 0. The molecule has 2 heteroatoms. The van der Waals surface area contributed by atoms with Crippen molar-refractivity contribution in [1.82, 2.24) is 0 Å². The van der Waals surface area contributed by atoms with Crippen molar-refractivity contribution in [2.75, 3.05) is 6.61 Å². The van der Waals surface area contributed by atoms with E-state index in [4.69, 9.17) is 10.2 Å². The Balaban J connectivity index is 3.28. The average molecular weight is 144 g/mol. The highest BCUT2D eigenvalue weighted by Gasteiger charge is 1.97. The van der Waals surface area contributed by atoms with Crippen LogP contribution in [0.5, 0.6) is 0 Å². The fraction of sp³-hybridized carbons (Fsp3) is 0.750. The van der Waals surface area contributed by atoms with Gasteiger partial charge in [-0.2, -0.15) is 0 Å². The number of aliphatic hydroxyl groups is 2. The van der Waals surface area contributed by atoms with Crippen LogP contribution in [0, 0.1) is 0 Å². The van der Waals surface area contributed by atoms with E-state index in [2.05, 4.69) is 6.08 Å². The fourth-order valence-electron chi connectivity index (χ4n) is 0.656. The molecule has 0 aromatic carbocycles. The molecule has 0 saturated heterocycles. The molecule has 0 aliphatic heterocycles. The maximum atomic E-state index is 8.89. The van der Waals surface area contributed by atoms with Crippen LogP contribution in [0.1, 0.15) is 26.7 Å². The maximum absolute atomic E-state index is 8.89. The molecule has 0 aromatic rings. The van der Waals surface area contributed by atoms with Crippen LogP contribution >= 0.6 is 0 Å². The van der Waals surface area contributed by atoms with E-state index in [0.717, 1.165) is 6.42 Å². The van der Waals surface area contributed by atoms with Crippen LogP contribution < -0.4 is 0 Å². The van der Waals surface area contributed by atoms with Crippen LogP contribution in [0.3, 0.4) is 0 Å². The Morgan fingerprint density at radius 1 is 1.50 bits per heavy atom. The fourth-order valence-corrected chi connectivity index (χ4v) is 0.656. The molecule has 10 heavy (non-hydrogen) atoms. The van der Waals surface area contributed by atoms with Crippen molar-refractivity contribution in [2.24, 2.45) is 0 Å². The molecule has 0 aromatic heterocycles. The Bertz CT molecular complexity index is 104. The Morgan fingerprint density at radius 3 is 2.50 bits per heavy atom. The Hall–Kier alpha value is -0.340. The summed E-state index contributed by atoms with van der Waals surface area (Å²) in [5.41, 5.74) is 1.25. The molecule has 2 N–H and O–H groups in total. The van der Waals surface area contributed by atoms with Gasteiger partial charge in [-0.3, -0.25) is 0 Å². The highest BCUT2D eigenvalue weighted by molar-refractivity contribution is 4.92. The second-order valence-electron chi connectivity index (χ2n) is 2.70. The molecular weight excluding hydrogens is 128 g/mol.